The van der Waals surface area contributed by atoms with E-state index in [0.29, 0.717) is 0 Å². The van der Waals surface area contributed by atoms with E-state index in [0.717, 1.165) is 11.3 Å². The van der Waals surface area contributed by atoms with Gasteiger partial charge in [-0.2, -0.15) is 0 Å². The molecule has 0 saturated heterocycles. The third kappa shape index (κ3) is 1.92. The average Bonchev–Trinajstić information content (AvgIpc) is 3.08. The molecule has 0 spiro atoms. The van der Waals surface area contributed by atoms with E-state index in [4.69, 9.17) is 4.98 Å². The molecule has 1 aromatic heterocycles. The predicted octanol–water partition coefficient (Wildman–Crippen LogP) is 6.44. The molecule has 1 aliphatic carbocycles. The van der Waals surface area contributed by atoms with Crippen molar-refractivity contribution < 1.29 is 0 Å². The Morgan fingerprint density at radius 3 is 2.03 bits per heavy atom. The highest BCUT2D eigenvalue weighted by molar-refractivity contribution is 5.89. The highest BCUT2D eigenvalue weighted by atomic mass is 15.4. The molecule has 5 rings (SSSR count). The van der Waals surface area contributed by atoms with E-state index in [1.807, 2.05) is 0 Å². The molecule has 3 nitrogen and oxygen atoms in total. The van der Waals surface area contributed by atoms with Crippen LogP contribution in [0, 0.1) is 5.41 Å². The van der Waals surface area contributed by atoms with Gasteiger partial charge in [-0.25, -0.2) is 4.98 Å². The van der Waals surface area contributed by atoms with Crippen LogP contribution in [0.1, 0.15) is 66.5 Å². The van der Waals surface area contributed by atoms with Gasteiger partial charge in [0.25, 0.3) is 0 Å². The fourth-order valence-electron chi connectivity index (χ4n) is 5.75. The van der Waals surface area contributed by atoms with E-state index in [9.17, 15) is 0 Å². The summed E-state index contributed by atoms with van der Waals surface area (Å²) < 4.78 is 2.44. The molecule has 1 aliphatic heterocycles. The number of hydrogen-bond acceptors (Lipinski definition) is 2. The van der Waals surface area contributed by atoms with Crippen LogP contribution >= 0.6 is 0 Å². The molecule has 0 saturated carbocycles. The van der Waals surface area contributed by atoms with Crippen molar-refractivity contribution >= 4 is 16.7 Å². The zero-order chi connectivity index (χ0) is 21.1. The van der Waals surface area contributed by atoms with Crippen molar-refractivity contribution in [1.29, 1.82) is 0 Å². The van der Waals surface area contributed by atoms with Crippen molar-refractivity contribution in [2.45, 2.75) is 71.9 Å². The Hall–Kier alpha value is -2.29. The van der Waals surface area contributed by atoms with Gasteiger partial charge in [0, 0.05) is 18.3 Å². The van der Waals surface area contributed by atoms with Crippen LogP contribution in [-0.2, 0) is 16.5 Å². The Morgan fingerprint density at radius 1 is 0.793 bits per heavy atom. The smallest absolute Gasteiger partial charge is 0.145 e. The molecule has 0 fully saturated rings. The first kappa shape index (κ1) is 18.7. The van der Waals surface area contributed by atoms with E-state index < -0.39 is 0 Å². The van der Waals surface area contributed by atoms with Crippen LogP contribution in [0.15, 0.2) is 36.4 Å². The molecule has 29 heavy (non-hydrogen) atoms. The largest absolute Gasteiger partial charge is 0.351 e. The van der Waals surface area contributed by atoms with E-state index in [-0.39, 0.29) is 21.9 Å². The molecule has 0 amide bonds. The minimum atomic E-state index is -0.194. The number of nitrogens with zero attached hydrogens (tertiary/aromatic N) is 3. The summed E-state index contributed by atoms with van der Waals surface area (Å²) in [6, 6.07) is 13.5. The summed E-state index contributed by atoms with van der Waals surface area (Å²) in [7, 11) is 2.19. The normalized spacial score (nSPS) is 22.3. The number of para-hydroxylation sites is 1. The van der Waals surface area contributed by atoms with Gasteiger partial charge in [0.1, 0.15) is 11.5 Å². The fourth-order valence-corrected chi connectivity index (χ4v) is 5.75. The molecular weight excluding hydrogens is 354 g/mol. The first-order valence-electron chi connectivity index (χ1n) is 10.7. The summed E-state index contributed by atoms with van der Waals surface area (Å²) in [5, 5.41) is 0. The number of imidazole rings is 1. The molecule has 152 valence electrons. The van der Waals surface area contributed by atoms with Gasteiger partial charge in [0.05, 0.1) is 11.0 Å². The Balaban J connectivity index is 1.90. The second-order valence-corrected chi connectivity index (χ2v) is 11.1. The van der Waals surface area contributed by atoms with Crippen molar-refractivity contribution in [2.75, 3.05) is 11.9 Å². The summed E-state index contributed by atoms with van der Waals surface area (Å²) in [4.78, 5) is 7.58. The van der Waals surface area contributed by atoms with E-state index in [1.165, 1.54) is 27.9 Å². The van der Waals surface area contributed by atoms with Crippen molar-refractivity contribution in [1.82, 2.24) is 9.55 Å². The van der Waals surface area contributed by atoms with Gasteiger partial charge < -0.3 is 9.47 Å². The Morgan fingerprint density at radius 2 is 1.38 bits per heavy atom. The number of anilines is 1. The maximum absolute atomic E-state index is 5.20. The molecule has 0 unspecified atom stereocenters. The predicted molar refractivity (Wildman–Crippen MR) is 123 cm³/mol. The topological polar surface area (TPSA) is 21.1 Å². The van der Waals surface area contributed by atoms with Gasteiger partial charge in [0.15, 0.2) is 0 Å². The zero-order valence-corrected chi connectivity index (χ0v) is 19.3. The molecule has 3 aromatic rings. The molecule has 2 heterocycles. The fraction of sp³-hybridized carbons (Fsp3) is 0.500. The highest BCUT2D eigenvalue weighted by Gasteiger charge is 2.57. The van der Waals surface area contributed by atoms with E-state index >= 15 is 0 Å². The molecule has 0 radical (unpaired) electrons. The molecule has 2 aromatic carbocycles. The quantitative estimate of drug-likeness (QED) is 0.442. The maximum atomic E-state index is 5.20. The van der Waals surface area contributed by atoms with Gasteiger partial charge in [0.2, 0.25) is 0 Å². The SMILES string of the molecule is CN1c2ccccc2-c2nc3cc4c(cc3n2C1(C)C)C(C)(C)C(C)(C)C4(C)C. The second kappa shape index (κ2) is 5.06. The van der Waals surface area contributed by atoms with Gasteiger partial charge >= 0.3 is 0 Å². The molecule has 0 N–H and O–H groups in total. The maximum Gasteiger partial charge on any atom is 0.145 e. The number of fused-ring (bicyclic) bond motifs is 6. The van der Waals surface area contributed by atoms with Crippen molar-refractivity contribution in [3.63, 3.8) is 0 Å². The number of aromatic nitrogens is 2. The monoisotopic (exact) mass is 387 g/mol. The Kier molecular flexibility index (Phi) is 3.27. The summed E-state index contributed by atoms with van der Waals surface area (Å²) in [5.41, 5.74) is 7.88. The van der Waals surface area contributed by atoms with Crippen LogP contribution in [0.5, 0.6) is 0 Å². The van der Waals surface area contributed by atoms with Crippen LogP contribution in [0.4, 0.5) is 5.69 Å². The van der Waals surface area contributed by atoms with E-state index in [1.54, 1.807) is 0 Å². The van der Waals surface area contributed by atoms with Gasteiger partial charge in [-0.15, -0.1) is 0 Å². The lowest BCUT2D eigenvalue weighted by Crippen LogP contribution is -2.46. The molecule has 0 atom stereocenters. The second-order valence-electron chi connectivity index (χ2n) is 11.1. The van der Waals surface area contributed by atoms with Crippen LogP contribution in [0.25, 0.3) is 22.4 Å². The van der Waals surface area contributed by atoms with Crippen LogP contribution in [0.3, 0.4) is 0 Å². The summed E-state index contributed by atoms with van der Waals surface area (Å²) in [5.74, 6) is 1.08. The number of benzene rings is 2. The summed E-state index contributed by atoms with van der Waals surface area (Å²) in [6.07, 6.45) is 0. The van der Waals surface area contributed by atoms with Gasteiger partial charge in [-0.05, 0) is 65.5 Å². The van der Waals surface area contributed by atoms with Crippen LogP contribution in [0.2, 0.25) is 0 Å². The Labute approximate surface area is 174 Å². The first-order chi connectivity index (χ1) is 13.3. The van der Waals surface area contributed by atoms with Gasteiger partial charge in [-0.1, -0.05) is 53.7 Å². The number of rotatable bonds is 0. The molecular formula is C26H33N3. The summed E-state index contributed by atoms with van der Waals surface area (Å²) >= 11 is 0. The standard InChI is InChI=1S/C26H33N3/c1-23(2)17-14-19-21(15-18(17)24(3,4)25(23,5)6)29-22(27-19)16-12-10-11-13-20(16)28(9)26(29,7)8/h10-15H,1-9H3. The Bertz CT molecular complexity index is 1170. The van der Waals surface area contributed by atoms with Crippen LogP contribution in [-0.4, -0.2) is 16.6 Å². The lowest BCUT2D eigenvalue weighted by molar-refractivity contribution is 0.125. The molecule has 0 bridgehead atoms. The molecule has 3 heteroatoms. The lowest BCUT2D eigenvalue weighted by atomic mass is 9.59. The lowest BCUT2D eigenvalue weighted by Gasteiger charge is -2.45. The highest BCUT2D eigenvalue weighted by Crippen LogP contribution is 2.62. The van der Waals surface area contributed by atoms with Crippen molar-refractivity contribution in [3.05, 3.63) is 47.5 Å². The molecule has 2 aliphatic rings. The van der Waals surface area contributed by atoms with Crippen LogP contribution < -0.4 is 4.90 Å². The minimum Gasteiger partial charge on any atom is -0.351 e. The van der Waals surface area contributed by atoms with Crippen molar-refractivity contribution in [3.8, 4) is 11.4 Å². The third-order valence-corrected chi connectivity index (χ3v) is 9.14. The first-order valence-corrected chi connectivity index (χ1v) is 10.7. The van der Waals surface area contributed by atoms with Crippen molar-refractivity contribution in [2.24, 2.45) is 5.41 Å². The minimum absolute atomic E-state index is 0.0906. The number of hydrogen-bond donors (Lipinski definition) is 0. The summed E-state index contributed by atoms with van der Waals surface area (Å²) in [6.45, 7) is 19.0. The zero-order valence-electron chi connectivity index (χ0n) is 19.3. The third-order valence-electron chi connectivity index (χ3n) is 9.14. The average molecular weight is 388 g/mol. The van der Waals surface area contributed by atoms with Gasteiger partial charge in [-0.3, -0.25) is 0 Å². The van der Waals surface area contributed by atoms with E-state index in [2.05, 4.69) is 108 Å².